The molecule has 3 nitrogen and oxygen atoms in total. The molecule has 0 saturated heterocycles. The van der Waals surface area contributed by atoms with Crippen molar-refractivity contribution in [2.24, 2.45) is 5.92 Å². The molecule has 1 heterocycles. The van der Waals surface area contributed by atoms with Crippen molar-refractivity contribution in [1.29, 1.82) is 0 Å². The van der Waals surface area contributed by atoms with Crippen molar-refractivity contribution in [2.75, 3.05) is 5.33 Å². The van der Waals surface area contributed by atoms with E-state index in [1.54, 1.807) is 12.1 Å². The van der Waals surface area contributed by atoms with Crippen molar-refractivity contribution in [3.63, 3.8) is 0 Å². The molecule has 0 spiro atoms. The zero-order valence-electron chi connectivity index (χ0n) is 9.73. The molecular weight excluding hydrogens is 402 g/mol. The lowest BCUT2D eigenvalue weighted by atomic mass is 9.87. The fourth-order valence-electron chi connectivity index (χ4n) is 2.25. The molecule has 18 heavy (non-hydrogen) atoms. The van der Waals surface area contributed by atoms with Gasteiger partial charge in [0.1, 0.15) is 4.21 Å². The maximum absolute atomic E-state index is 12.2. The summed E-state index contributed by atoms with van der Waals surface area (Å²) in [6.07, 6.45) is 4.32. The van der Waals surface area contributed by atoms with Crippen LogP contribution in [0.1, 0.15) is 25.7 Å². The maximum Gasteiger partial charge on any atom is 0.250 e. The smallest absolute Gasteiger partial charge is 0.207 e. The molecule has 1 aliphatic rings. The molecule has 0 radical (unpaired) electrons. The molecule has 0 aromatic carbocycles. The molecule has 0 bridgehead atoms. The summed E-state index contributed by atoms with van der Waals surface area (Å²) in [7, 11) is -3.36. The van der Waals surface area contributed by atoms with Crippen molar-refractivity contribution in [3.8, 4) is 0 Å². The summed E-state index contributed by atoms with van der Waals surface area (Å²) in [6, 6.07) is 3.47. The number of halogens is 2. The molecule has 1 saturated carbocycles. The summed E-state index contributed by atoms with van der Waals surface area (Å²) in [5.74, 6) is 0.400. The van der Waals surface area contributed by atoms with Crippen LogP contribution in [0.4, 0.5) is 0 Å². The van der Waals surface area contributed by atoms with Crippen molar-refractivity contribution in [2.45, 2.75) is 35.9 Å². The van der Waals surface area contributed by atoms with Gasteiger partial charge < -0.3 is 0 Å². The van der Waals surface area contributed by atoms with E-state index in [0.29, 0.717) is 10.1 Å². The Morgan fingerprint density at radius 1 is 1.33 bits per heavy atom. The molecule has 1 aliphatic carbocycles. The Kier molecular flexibility index (Phi) is 5.28. The molecular formula is C11H15Br2NO2S2. The van der Waals surface area contributed by atoms with E-state index in [0.717, 1.165) is 28.4 Å². The molecule has 1 N–H and O–H groups in total. The zero-order valence-corrected chi connectivity index (χ0v) is 14.5. The van der Waals surface area contributed by atoms with Gasteiger partial charge in [0.2, 0.25) is 10.0 Å². The third kappa shape index (κ3) is 3.56. The second kappa shape index (κ2) is 6.35. The van der Waals surface area contributed by atoms with E-state index in [1.165, 1.54) is 17.8 Å². The largest absolute Gasteiger partial charge is 0.250 e. The third-order valence-electron chi connectivity index (χ3n) is 3.23. The summed E-state index contributed by atoms with van der Waals surface area (Å²) in [6.45, 7) is 0. The monoisotopic (exact) mass is 415 g/mol. The van der Waals surface area contributed by atoms with Gasteiger partial charge in [0.25, 0.3) is 0 Å². The molecule has 2 rings (SSSR count). The highest BCUT2D eigenvalue weighted by Gasteiger charge is 2.29. The lowest BCUT2D eigenvalue weighted by Gasteiger charge is -2.30. The molecule has 102 valence electrons. The van der Waals surface area contributed by atoms with E-state index < -0.39 is 10.0 Å². The van der Waals surface area contributed by atoms with Gasteiger partial charge in [0.15, 0.2) is 0 Å². The zero-order chi connectivity index (χ0) is 13.2. The molecule has 7 heteroatoms. The van der Waals surface area contributed by atoms with Gasteiger partial charge in [-0.3, -0.25) is 0 Å². The Morgan fingerprint density at radius 2 is 2.06 bits per heavy atom. The minimum atomic E-state index is -3.36. The molecule has 1 fully saturated rings. The predicted octanol–water partition coefficient (Wildman–Crippen LogP) is 3.74. The molecule has 2 unspecified atom stereocenters. The lowest BCUT2D eigenvalue weighted by Crippen LogP contribution is -2.42. The summed E-state index contributed by atoms with van der Waals surface area (Å²) >= 11 is 8.02. The third-order valence-corrected chi connectivity index (χ3v) is 7.66. The standard InChI is InChI=1S/C11H15Br2NO2S2/c12-7-8-3-1-2-4-9(8)14-18(15,16)11-6-5-10(13)17-11/h5-6,8-9,14H,1-4,7H2. The topological polar surface area (TPSA) is 46.2 Å². The summed E-state index contributed by atoms with van der Waals surface area (Å²) in [5.41, 5.74) is 0. The highest BCUT2D eigenvalue weighted by molar-refractivity contribution is 9.11. The van der Waals surface area contributed by atoms with E-state index >= 15 is 0 Å². The average molecular weight is 417 g/mol. The van der Waals surface area contributed by atoms with Gasteiger partial charge in [0.05, 0.1) is 3.79 Å². The molecule has 0 aliphatic heterocycles. The lowest BCUT2D eigenvalue weighted by molar-refractivity contribution is 0.317. The highest BCUT2D eigenvalue weighted by Crippen LogP contribution is 2.30. The first-order valence-corrected chi connectivity index (χ1v) is 10.1. The maximum atomic E-state index is 12.2. The van der Waals surface area contributed by atoms with E-state index in [2.05, 4.69) is 36.6 Å². The second-order valence-corrected chi connectivity index (χ2v) is 9.54. The number of alkyl halides is 1. The van der Waals surface area contributed by atoms with E-state index in [9.17, 15) is 8.42 Å². The predicted molar refractivity (Wildman–Crippen MR) is 81.9 cm³/mol. The molecule has 0 amide bonds. The minimum absolute atomic E-state index is 0.0593. The number of hydrogen-bond donors (Lipinski definition) is 1. The van der Waals surface area contributed by atoms with E-state index in [4.69, 9.17) is 0 Å². The first-order chi connectivity index (χ1) is 8.53. The van der Waals surface area contributed by atoms with Gasteiger partial charge >= 0.3 is 0 Å². The Bertz CT molecular complexity index is 501. The number of nitrogens with one attached hydrogen (secondary N) is 1. The fourth-order valence-corrected chi connectivity index (χ4v) is 6.39. The number of hydrogen-bond acceptors (Lipinski definition) is 3. The molecule has 1 aromatic rings. The van der Waals surface area contributed by atoms with Crippen molar-refractivity contribution < 1.29 is 8.42 Å². The van der Waals surface area contributed by atoms with Gasteiger partial charge in [-0.15, -0.1) is 11.3 Å². The summed E-state index contributed by atoms with van der Waals surface area (Å²) < 4.78 is 28.6. The average Bonchev–Trinajstić information content (AvgIpc) is 2.77. The number of sulfonamides is 1. The quantitative estimate of drug-likeness (QED) is 0.759. The van der Waals surface area contributed by atoms with Crippen molar-refractivity contribution in [1.82, 2.24) is 4.72 Å². The number of thiophene rings is 1. The second-order valence-electron chi connectivity index (χ2n) is 4.49. The van der Waals surface area contributed by atoms with Crippen LogP contribution in [0, 0.1) is 5.92 Å². The highest BCUT2D eigenvalue weighted by atomic mass is 79.9. The molecule has 1 aromatic heterocycles. The van der Waals surface area contributed by atoms with Gasteiger partial charge in [-0.1, -0.05) is 28.8 Å². The van der Waals surface area contributed by atoms with Crippen LogP contribution in [0.3, 0.4) is 0 Å². The van der Waals surface area contributed by atoms with Crippen molar-refractivity contribution in [3.05, 3.63) is 15.9 Å². The first kappa shape index (κ1) is 15.0. The Morgan fingerprint density at radius 3 is 2.67 bits per heavy atom. The Labute approximate surface area is 129 Å². The van der Waals surface area contributed by atoms with Crippen LogP contribution in [0.25, 0.3) is 0 Å². The van der Waals surface area contributed by atoms with E-state index in [1.807, 2.05) is 0 Å². The summed E-state index contributed by atoms with van der Waals surface area (Å²) in [4.78, 5) is 0. The van der Waals surface area contributed by atoms with Gasteiger partial charge in [0, 0.05) is 11.4 Å². The summed E-state index contributed by atoms with van der Waals surface area (Å²) in [5, 5.41) is 0.855. The van der Waals surface area contributed by atoms with Crippen LogP contribution in [-0.4, -0.2) is 19.8 Å². The van der Waals surface area contributed by atoms with Gasteiger partial charge in [-0.2, -0.15) is 0 Å². The van der Waals surface area contributed by atoms with Crippen LogP contribution in [0.2, 0.25) is 0 Å². The van der Waals surface area contributed by atoms with Crippen LogP contribution < -0.4 is 4.72 Å². The van der Waals surface area contributed by atoms with Crippen LogP contribution in [-0.2, 0) is 10.0 Å². The first-order valence-electron chi connectivity index (χ1n) is 5.86. The fraction of sp³-hybridized carbons (Fsp3) is 0.636. The Balaban J connectivity index is 2.12. The minimum Gasteiger partial charge on any atom is -0.207 e. The Hall–Kier alpha value is 0.570. The van der Waals surface area contributed by atoms with Crippen molar-refractivity contribution >= 4 is 53.2 Å². The number of rotatable bonds is 4. The molecule has 2 atom stereocenters. The van der Waals surface area contributed by atoms with Crippen LogP contribution in [0.5, 0.6) is 0 Å². The van der Waals surface area contributed by atoms with Crippen LogP contribution >= 0.6 is 43.2 Å². The normalized spacial score (nSPS) is 25.2. The van der Waals surface area contributed by atoms with E-state index in [-0.39, 0.29) is 6.04 Å². The van der Waals surface area contributed by atoms with Gasteiger partial charge in [-0.25, -0.2) is 13.1 Å². The van der Waals surface area contributed by atoms with Crippen LogP contribution in [0.15, 0.2) is 20.1 Å². The SMILES string of the molecule is O=S(=O)(NC1CCCCC1CBr)c1ccc(Br)s1. The van der Waals surface area contributed by atoms with Gasteiger partial charge in [-0.05, 0) is 46.8 Å².